The topological polar surface area (TPSA) is 71.5 Å². The van der Waals surface area contributed by atoms with Crippen molar-refractivity contribution < 1.29 is 14.3 Å². The van der Waals surface area contributed by atoms with Gasteiger partial charge in [0.2, 0.25) is 11.8 Å². The molecule has 0 atom stereocenters. The van der Waals surface area contributed by atoms with Gasteiger partial charge in [0.1, 0.15) is 5.75 Å². The maximum absolute atomic E-state index is 12.6. The van der Waals surface area contributed by atoms with Crippen molar-refractivity contribution in [1.29, 1.82) is 0 Å². The molecule has 6 nitrogen and oxygen atoms in total. The minimum atomic E-state index is 0.0400. The first-order valence-corrected chi connectivity index (χ1v) is 10.6. The zero-order chi connectivity index (χ0) is 19.9. The van der Waals surface area contributed by atoms with Gasteiger partial charge in [-0.2, -0.15) is 0 Å². The Morgan fingerprint density at radius 3 is 2.61 bits per heavy atom. The van der Waals surface area contributed by atoms with Crippen LogP contribution in [0.15, 0.2) is 29.6 Å². The lowest BCUT2D eigenvalue weighted by Gasteiger charge is -2.31. The number of hydrogen-bond acceptors (Lipinski definition) is 5. The predicted octanol–water partition coefficient (Wildman–Crippen LogP) is 3.13. The van der Waals surface area contributed by atoms with Crippen molar-refractivity contribution >= 4 is 23.2 Å². The van der Waals surface area contributed by atoms with Gasteiger partial charge in [0.15, 0.2) is 0 Å². The normalized spacial score (nSPS) is 14.7. The maximum atomic E-state index is 12.6. The summed E-state index contributed by atoms with van der Waals surface area (Å²) in [5, 5.41) is 6.00. The summed E-state index contributed by atoms with van der Waals surface area (Å²) in [5.74, 6) is 1.41. The van der Waals surface area contributed by atoms with E-state index in [1.54, 1.807) is 18.4 Å². The quantitative estimate of drug-likeness (QED) is 0.774. The van der Waals surface area contributed by atoms with E-state index in [1.165, 1.54) is 0 Å². The zero-order valence-electron chi connectivity index (χ0n) is 16.4. The van der Waals surface area contributed by atoms with Gasteiger partial charge >= 0.3 is 0 Å². The van der Waals surface area contributed by atoms with Crippen LogP contribution >= 0.6 is 11.3 Å². The second-order valence-corrected chi connectivity index (χ2v) is 7.88. The van der Waals surface area contributed by atoms with Gasteiger partial charge in [-0.1, -0.05) is 19.1 Å². The maximum Gasteiger partial charge on any atom is 0.226 e. The molecule has 1 N–H and O–H groups in total. The van der Waals surface area contributed by atoms with E-state index in [1.807, 2.05) is 41.5 Å². The molecule has 1 fully saturated rings. The summed E-state index contributed by atoms with van der Waals surface area (Å²) in [6.07, 6.45) is 2.78. The van der Waals surface area contributed by atoms with Crippen molar-refractivity contribution in [3.8, 4) is 5.75 Å². The van der Waals surface area contributed by atoms with E-state index in [9.17, 15) is 9.59 Å². The highest BCUT2D eigenvalue weighted by atomic mass is 32.1. The molecule has 0 unspecified atom stereocenters. The molecule has 1 aliphatic heterocycles. The van der Waals surface area contributed by atoms with E-state index in [2.05, 4.69) is 10.3 Å². The number of aromatic nitrogens is 1. The molecule has 0 radical (unpaired) electrons. The summed E-state index contributed by atoms with van der Waals surface area (Å²) in [6, 6.07) is 7.66. The fourth-order valence-electron chi connectivity index (χ4n) is 3.31. The Bertz CT molecular complexity index is 795. The minimum Gasteiger partial charge on any atom is -0.497 e. The molecule has 7 heteroatoms. The van der Waals surface area contributed by atoms with Crippen molar-refractivity contribution in [2.45, 2.75) is 45.1 Å². The SMILES string of the molecule is CCC(=O)NCc1csc(C2CCN(C(=O)Cc3ccc(OC)cc3)CC2)n1. The predicted molar refractivity (Wildman–Crippen MR) is 110 cm³/mol. The fourth-order valence-corrected chi connectivity index (χ4v) is 4.30. The highest BCUT2D eigenvalue weighted by Gasteiger charge is 2.25. The van der Waals surface area contributed by atoms with E-state index < -0.39 is 0 Å². The molecule has 0 spiro atoms. The van der Waals surface area contributed by atoms with E-state index in [0.717, 1.165) is 47.9 Å². The third kappa shape index (κ3) is 5.32. The first-order valence-electron chi connectivity index (χ1n) is 9.70. The molecule has 1 aromatic carbocycles. The number of thiazole rings is 1. The number of piperidine rings is 1. The number of amides is 2. The van der Waals surface area contributed by atoms with Crippen molar-refractivity contribution in [3.63, 3.8) is 0 Å². The first-order chi connectivity index (χ1) is 13.6. The number of hydrogen-bond donors (Lipinski definition) is 1. The Morgan fingerprint density at radius 1 is 1.25 bits per heavy atom. The van der Waals surface area contributed by atoms with E-state index in [-0.39, 0.29) is 11.8 Å². The van der Waals surface area contributed by atoms with Crippen LogP contribution < -0.4 is 10.1 Å². The van der Waals surface area contributed by atoms with Crippen molar-refractivity contribution in [2.24, 2.45) is 0 Å². The molecule has 150 valence electrons. The van der Waals surface area contributed by atoms with Gasteiger partial charge in [-0.15, -0.1) is 11.3 Å². The Labute approximate surface area is 169 Å². The van der Waals surface area contributed by atoms with Crippen LogP contribution in [0.5, 0.6) is 5.75 Å². The van der Waals surface area contributed by atoms with Crippen molar-refractivity contribution in [2.75, 3.05) is 20.2 Å². The van der Waals surface area contributed by atoms with Crippen LogP contribution in [0, 0.1) is 0 Å². The van der Waals surface area contributed by atoms with E-state index >= 15 is 0 Å². The lowest BCUT2D eigenvalue weighted by Crippen LogP contribution is -2.38. The average Bonchev–Trinajstić information content (AvgIpc) is 3.21. The van der Waals surface area contributed by atoms with Crippen LogP contribution in [0.2, 0.25) is 0 Å². The van der Waals surface area contributed by atoms with Crippen molar-refractivity contribution in [1.82, 2.24) is 15.2 Å². The molecule has 0 aliphatic carbocycles. The number of methoxy groups -OCH3 is 1. The number of rotatable bonds is 7. The molecular weight excluding hydrogens is 374 g/mol. The Kier molecular flexibility index (Phi) is 7.03. The van der Waals surface area contributed by atoms with Crippen LogP contribution in [-0.2, 0) is 22.6 Å². The van der Waals surface area contributed by atoms with Gasteiger partial charge in [-0.05, 0) is 30.5 Å². The number of nitrogens with one attached hydrogen (secondary N) is 1. The molecule has 3 rings (SSSR count). The number of nitrogens with zero attached hydrogens (tertiary/aromatic N) is 2. The smallest absolute Gasteiger partial charge is 0.226 e. The minimum absolute atomic E-state index is 0.0400. The van der Waals surface area contributed by atoms with Gasteiger partial charge in [0.05, 0.1) is 30.8 Å². The molecule has 2 amide bonds. The third-order valence-electron chi connectivity index (χ3n) is 5.07. The summed E-state index contributed by atoms with van der Waals surface area (Å²) >= 11 is 1.65. The third-order valence-corrected chi connectivity index (χ3v) is 6.12. The Balaban J connectivity index is 1.47. The summed E-state index contributed by atoms with van der Waals surface area (Å²) in [6.45, 7) is 3.86. The summed E-state index contributed by atoms with van der Waals surface area (Å²) < 4.78 is 5.16. The van der Waals surface area contributed by atoms with Gasteiger partial charge < -0.3 is 15.0 Å². The number of likely N-dealkylation sites (tertiary alicyclic amines) is 1. The molecule has 0 saturated carbocycles. The molecule has 1 saturated heterocycles. The van der Waals surface area contributed by atoms with Crippen LogP contribution in [-0.4, -0.2) is 41.9 Å². The Hall–Kier alpha value is -2.41. The highest BCUT2D eigenvalue weighted by molar-refractivity contribution is 7.09. The molecular formula is C21H27N3O3S. The number of ether oxygens (including phenoxy) is 1. The lowest BCUT2D eigenvalue weighted by atomic mass is 9.97. The second-order valence-electron chi connectivity index (χ2n) is 6.99. The zero-order valence-corrected chi connectivity index (χ0v) is 17.3. The average molecular weight is 402 g/mol. The Morgan fingerprint density at radius 2 is 1.96 bits per heavy atom. The van der Waals surface area contributed by atoms with E-state index in [4.69, 9.17) is 4.74 Å². The summed E-state index contributed by atoms with van der Waals surface area (Å²) in [7, 11) is 1.64. The van der Waals surface area contributed by atoms with E-state index in [0.29, 0.717) is 25.3 Å². The second kappa shape index (κ2) is 9.68. The van der Waals surface area contributed by atoms with Crippen LogP contribution in [0.4, 0.5) is 0 Å². The molecule has 1 aliphatic rings. The first kappa shape index (κ1) is 20.3. The number of carbonyl (C=O) groups excluding carboxylic acids is 2. The monoisotopic (exact) mass is 401 g/mol. The molecule has 2 aromatic rings. The van der Waals surface area contributed by atoms with Crippen LogP contribution in [0.25, 0.3) is 0 Å². The van der Waals surface area contributed by atoms with Gasteiger partial charge in [0, 0.05) is 30.8 Å². The molecule has 0 bridgehead atoms. The summed E-state index contributed by atoms with van der Waals surface area (Å²) in [4.78, 5) is 30.6. The van der Waals surface area contributed by atoms with Crippen LogP contribution in [0.1, 0.15) is 48.4 Å². The molecule has 1 aromatic heterocycles. The largest absolute Gasteiger partial charge is 0.497 e. The summed E-state index contributed by atoms with van der Waals surface area (Å²) in [5.41, 5.74) is 1.92. The van der Waals surface area contributed by atoms with Gasteiger partial charge in [-0.25, -0.2) is 4.98 Å². The fraction of sp³-hybridized carbons (Fsp3) is 0.476. The molecule has 28 heavy (non-hydrogen) atoms. The van der Waals surface area contributed by atoms with Crippen molar-refractivity contribution in [3.05, 3.63) is 45.9 Å². The molecule has 2 heterocycles. The van der Waals surface area contributed by atoms with Gasteiger partial charge in [0.25, 0.3) is 0 Å². The van der Waals surface area contributed by atoms with Crippen LogP contribution in [0.3, 0.4) is 0 Å². The van der Waals surface area contributed by atoms with Gasteiger partial charge in [-0.3, -0.25) is 9.59 Å². The number of benzene rings is 1. The number of carbonyl (C=O) groups is 2. The lowest BCUT2D eigenvalue weighted by molar-refractivity contribution is -0.131. The highest BCUT2D eigenvalue weighted by Crippen LogP contribution is 2.30. The standard InChI is InChI=1S/C21H27N3O3S/c1-3-19(25)22-13-17-14-28-21(23-17)16-8-10-24(11-9-16)20(26)12-15-4-6-18(27-2)7-5-15/h4-7,14,16H,3,8-13H2,1-2H3,(H,22,25).